The van der Waals surface area contributed by atoms with E-state index in [-0.39, 0.29) is 0 Å². The van der Waals surface area contributed by atoms with Crippen molar-refractivity contribution in [3.8, 4) is 5.75 Å². The van der Waals surface area contributed by atoms with E-state index in [1.807, 2.05) is 0 Å². The summed E-state index contributed by atoms with van der Waals surface area (Å²) in [7, 11) is 0. The summed E-state index contributed by atoms with van der Waals surface area (Å²) in [5, 5.41) is 0. The lowest BCUT2D eigenvalue weighted by atomic mass is 10.0. The van der Waals surface area contributed by atoms with Crippen LogP contribution in [-0.2, 0) is 0 Å². The summed E-state index contributed by atoms with van der Waals surface area (Å²) < 4.78 is 6.01. The molecular formula is C16H25NO. The summed E-state index contributed by atoms with van der Waals surface area (Å²) in [4.78, 5) is 2.46. The second kappa shape index (κ2) is 5.75. The van der Waals surface area contributed by atoms with Gasteiger partial charge in [-0.25, -0.2) is 0 Å². The van der Waals surface area contributed by atoms with Crippen molar-refractivity contribution >= 4 is 0 Å². The number of benzene rings is 1. The summed E-state index contributed by atoms with van der Waals surface area (Å²) in [6.07, 6.45) is 0.381. The number of likely N-dealkylation sites (tertiary alicyclic amines) is 1. The number of rotatable bonds is 5. The SMILES string of the molecule is CC(C)CN1CC(Oc2cccc(C(C)C)c2)C1. The Hall–Kier alpha value is -1.02. The highest BCUT2D eigenvalue weighted by atomic mass is 16.5. The molecular weight excluding hydrogens is 222 g/mol. The van der Waals surface area contributed by atoms with E-state index in [2.05, 4.69) is 56.9 Å². The summed E-state index contributed by atoms with van der Waals surface area (Å²) in [5.41, 5.74) is 1.35. The van der Waals surface area contributed by atoms with E-state index in [1.165, 1.54) is 12.1 Å². The van der Waals surface area contributed by atoms with Crippen LogP contribution in [0.2, 0.25) is 0 Å². The molecule has 2 rings (SSSR count). The summed E-state index contributed by atoms with van der Waals surface area (Å²) in [6.45, 7) is 12.3. The molecule has 0 amide bonds. The molecule has 1 fully saturated rings. The van der Waals surface area contributed by atoms with E-state index < -0.39 is 0 Å². The monoisotopic (exact) mass is 247 g/mol. The highest BCUT2D eigenvalue weighted by Gasteiger charge is 2.28. The third kappa shape index (κ3) is 3.49. The molecule has 0 atom stereocenters. The van der Waals surface area contributed by atoms with Crippen molar-refractivity contribution in [2.75, 3.05) is 19.6 Å². The molecule has 1 saturated heterocycles. The molecule has 2 nitrogen and oxygen atoms in total. The average molecular weight is 247 g/mol. The quantitative estimate of drug-likeness (QED) is 0.789. The van der Waals surface area contributed by atoms with Crippen LogP contribution in [0, 0.1) is 5.92 Å². The van der Waals surface area contributed by atoms with E-state index in [1.54, 1.807) is 0 Å². The lowest BCUT2D eigenvalue weighted by Gasteiger charge is -2.40. The maximum Gasteiger partial charge on any atom is 0.124 e. The van der Waals surface area contributed by atoms with Crippen molar-refractivity contribution in [2.45, 2.75) is 39.7 Å². The second-order valence-corrected chi connectivity index (χ2v) is 6.08. The third-order valence-electron chi connectivity index (χ3n) is 3.37. The van der Waals surface area contributed by atoms with Gasteiger partial charge in [-0.1, -0.05) is 39.8 Å². The fraction of sp³-hybridized carbons (Fsp3) is 0.625. The van der Waals surface area contributed by atoms with Crippen molar-refractivity contribution in [1.82, 2.24) is 4.90 Å². The number of nitrogens with zero attached hydrogens (tertiary/aromatic N) is 1. The standard InChI is InChI=1S/C16H25NO/c1-12(2)9-17-10-16(11-17)18-15-7-5-6-14(8-15)13(3)4/h5-8,12-13,16H,9-11H2,1-4H3. The van der Waals surface area contributed by atoms with Crippen molar-refractivity contribution in [3.63, 3.8) is 0 Å². The zero-order chi connectivity index (χ0) is 13.1. The largest absolute Gasteiger partial charge is 0.488 e. The predicted molar refractivity (Wildman–Crippen MR) is 76.2 cm³/mol. The van der Waals surface area contributed by atoms with Gasteiger partial charge in [-0.15, -0.1) is 0 Å². The Labute approximate surface area is 111 Å². The number of ether oxygens (including phenoxy) is 1. The first kappa shape index (κ1) is 13.4. The Balaban J connectivity index is 1.83. The minimum absolute atomic E-state index is 0.381. The maximum absolute atomic E-state index is 6.01. The van der Waals surface area contributed by atoms with Gasteiger partial charge >= 0.3 is 0 Å². The first-order chi connectivity index (χ1) is 8.54. The van der Waals surface area contributed by atoms with Crippen LogP contribution in [0.3, 0.4) is 0 Å². The molecule has 2 heteroatoms. The van der Waals surface area contributed by atoms with Crippen LogP contribution in [0.15, 0.2) is 24.3 Å². The van der Waals surface area contributed by atoms with E-state index >= 15 is 0 Å². The Morgan fingerprint density at radius 1 is 1.22 bits per heavy atom. The van der Waals surface area contributed by atoms with E-state index in [4.69, 9.17) is 4.74 Å². The average Bonchev–Trinajstić information content (AvgIpc) is 2.26. The van der Waals surface area contributed by atoms with Crippen LogP contribution in [-0.4, -0.2) is 30.6 Å². The highest BCUT2D eigenvalue weighted by Crippen LogP contribution is 2.23. The summed E-state index contributed by atoms with van der Waals surface area (Å²) in [5.74, 6) is 2.33. The molecule has 0 aliphatic carbocycles. The minimum atomic E-state index is 0.381. The van der Waals surface area contributed by atoms with Gasteiger partial charge < -0.3 is 4.74 Å². The smallest absolute Gasteiger partial charge is 0.124 e. The molecule has 1 aliphatic heterocycles. The van der Waals surface area contributed by atoms with Gasteiger partial charge in [0.25, 0.3) is 0 Å². The molecule has 18 heavy (non-hydrogen) atoms. The topological polar surface area (TPSA) is 12.5 Å². The molecule has 0 radical (unpaired) electrons. The molecule has 0 aromatic heterocycles. The Morgan fingerprint density at radius 2 is 1.94 bits per heavy atom. The molecule has 0 N–H and O–H groups in total. The van der Waals surface area contributed by atoms with Crippen LogP contribution < -0.4 is 4.74 Å². The van der Waals surface area contributed by atoms with E-state index in [0.29, 0.717) is 12.0 Å². The molecule has 0 bridgehead atoms. The Bertz CT molecular complexity index is 380. The van der Waals surface area contributed by atoms with Gasteiger partial charge in [0.15, 0.2) is 0 Å². The van der Waals surface area contributed by atoms with E-state index in [9.17, 15) is 0 Å². The molecule has 0 saturated carbocycles. The molecule has 0 spiro atoms. The van der Waals surface area contributed by atoms with Crippen LogP contribution in [0.25, 0.3) is 0 Å². The van der Waals surface area contributed by atoms with Crippen molar-refractivity contribution in [2.24, 2.45) is 5.92 Å². The normalized spacial score (nSPS) is 17.2. The lowest BCUT2D eigenvalue weighted by Crippen LogP contribution is -2.54. The lowest BCUT2D eigenvalue weighted by molar-refractivity contribution is 0.0130. The Morgan fingerprint density at radius 3 is 2.56 bits per heavy atom. The third-order valence-corrected chi connectivity index (χ3v) is 3.37. The van der Waals surface area contributed by atoms with Crippen molar-refractivity contribution in [3.05, 3.63) is 29.8 Å². The van der Waals surface area contributed by atoms with E-state index in [0.717, 1.165) is 24.8 Å². The molecule has 1 aromatic carbocycles. The predicted octanol–water partition coefficient (Wildman–Crippen LogP) is 3.53. The summed E-state index contributed by atoms with van der Waals surface area (Å²) >= 11 is 0. The molecule has 100 valence electrons. The van der Waals surface area contributed by atoms with Crippen LogP contribution in [0.1, 0.15) is 39.2 Å². The fourth-order valence-electron chi connectivity index (χ4n) is 2.40. The molecule has 1 aromatic rings. The Kier molecular flexibility index (Phi) is 4.28. The maximum atomic E-state index is 6.01. The van der Waals surface area contributed by atoms with Gasteiger partial charge in [0, 0.05) is 19.6 Å². The fourth-order valence-corrected chi connectivity index (χ4v) is 2.40. The van der Waals surface area contributed by atoms with Crippen LogP contribution in [0.4, 0.5) is 0 Å². The van der Waals surface area contributed by atoms with Gasteiger partial charge in [-0.2, -0.15) is 0 Å². The van der Waals surface area contributed by atoms with Gasteiger partial charge in [-0.05, 0) is 29.5 Å². The zero-order valence-electron chi connectivity index (χ0n) is 12.0. The van der Waals surface area contributed by atoms with Crippen molar-refractivity contribution in [1.29, 1.82) is 0 Å². The highest BCUT2D eigenvalue weighted by molar-refractivity contribution is 5.30. The first-order valence-electron chi connectivity index (χ1n) is 7.03. The number of hydrogen-bond acceptors (Lipinski definition) is 2. The molecule has 1 heterocycles. The summed E-state index contributed by atoms with van der Waals surface area (Å²) in [6, 6.07) is 8.51. The number of hydrogen-bond donors (Lipinski definition) is 0. The first-order valence-corrected chi connectivity index (χ1v) is 7.03. The van der Waals surface area contributed by atoms with Crippen LogP contribution >= 0.6 is 0 Å². The van der Waals surface area contributed by atoms with Crippen molar-refractivity contribution < 1.29 is 4.74 Å². The van der Waals surface area contributed by atoms with Gasteiger partial charge in [-0.3, -0.25) is 4.90 Å². The minimum Gasteiger partial charge on any atom is -0.488 e. The van der Waals surface area contributed by atoms with Gasteiger partial charge in [0.2, 0.25) is 0 Å². The molecule has 0 unspecified atom stereocenters. The molecule has 1 aliphatic rings. The van der Waals surface area contributed by atoms with Gasteiger partial charge in [0.05, 0.1) is 0 Å². The van der Waals surface area contributed by atoms with Crippen LogP contribution in [0.5, 0.6) is 5.75 Å². The zero-order valence-corrected chi connectivity index (χ0v) is 12.0. The second-order valence-electron chi connectivity index (χ2n) is 6.08. The van der Waals surface area contributed by atoms with Gasteiger partial charge in [0.1, 0.15) is 11.9 Å².